The third-order valence-electron chi connectivity index (χ3n) is 4.86. The SMILES string of the molecule is C[C@H](Nc1nc(N)nc(N)c1C#N)c1nc2c(F)ccc(F)c2c(=O)n1-c1cc(F)cc(F)c1. The Morgan fingerprint density at radius 3 is 2.32 bits per heavy atom. The molecule has 13 heteroatoms. The number of nitrogens with zero attached hydrogens (tertiary/aromatic N) is 5. The summed E-state index contributed by atoms with van der Waals surface area (Å²) in [7, 11) is 0. The molecule has 0 spiro atoms. The Balaban J connectivity index is 2.01. The van der Waals surface area contributed by atoms with E-state index in [0.29, 0.717) is 6.07 Å². The molecule has 0 aliphatic rings. The first-order chi connectivity index (χ1) is 16.1. The first kappa shape index (κ1) is 22.5. The van der Waals surface area contributed by atoms with Gasteiger partial charge in [0.15, 0.2) is 5.82 Å². The fourth-order valence-corrected chi connectivity index (χ4v) is 3.42. The maximum Gasteiger partial charge on any atom is 0.269 e. The van der Waals surface area contributed by atoms with Crippen molar-refractivity contribution >= 4 is 28.5 Å². The number of rotatable bonds is 4. The Kier molecular flexibility index (Phi) is 5.50. The maximum atomic E-state index is 14.5. The number of hydrogen-bond acceptors (Lipinski definition) is 8. The molecule has 4 aromatic rings. The third kappa shape index (κ3) is 3.81. The predicted molar refractivity (Wildman–Crippen MR) is 115 cm³/mol. The summed E-state index contributed by atoms with van der Waals surface area (Å²) in [5.41, 5.74) is 9.08. The summed E-state index contributed by atoms with van der Waals surface area (Å²) in [6.07, 6.45) is 0. The van der Waals surface area contributed by atoms with Crippen LogP contribution in [-0.4, -0.2) is 19.5 Å². The highest BCUT2D eigenvalue weighted by atomic mass is 19.1. The molecule has 0 radical (unpaired) electrons. The molecule has 2 heterocycles. The molecule has 0 fully saturated rings. The average Bonchev–Trinajstić information content (AvgIpc) is 2.74. The molecular weight excluding hydrogens is 456 g/mol. The topological polar surface area (TPSA) is 149 Å². The normalized spacial score (nSPS) is 11.9. The quantitative estimate of drug-likeness (QED) is 0.386. The highest BCUT2D eigenvalue weighted by Gasteiger charge is 2.24. The van der Waals surface area contributed by atoms with Crippen LogP contribution in [0.5, 0.6) is 0 Å². The van der Waals surface area contributed by atoms with Crippen LogP contribution in [0.3, 0.4) is 0 Å². The van der Waals surface area contributed by atoms with Crippen molar-refractivity contribution in [1.82, 2.24) is 19.5 Å². The molecule has 34 heavy (non-hydrogen) atoms. The van der Waals surface area contributed by atoms with E-state index in [1.807, 2.05) is 0 Å². The largest absolute Gasteiger partial charge is 0.382 e. The first-order valence-electron chi connectivity index (χ1n) is 9.57. The number of aromatic nitrogens is 4. The summed E-state index contributed by atoms with van der Waals surface area (Å²) in [6.45, 7) is 1.44. The number of nitrogens with one attached hydrogen (secondary N) is 1. The third-order valence-corrected chi connectivity index (χ3v) is 4.86. The summed E-state index contributed by atoms with van der Waals surface area (Å²) in [5.74, 6) is -5.00. The molecule has 172 valence electrons. The molecule has 0 saturated heterocycles. The van der Waals surface area contributed by atoms with Gasteiger partial charge in [-0.1, -0.05) is 0 Å². The summed E-state index contributed by atoms with van der Waals surface area (Å²) >= 11 is 0. The van der Waals surface area contributed by atoms with Gasteiger partial charge in [0.05, 0.1) is 11.7 Å². The number of nitrogen functional groups attached to an aromatic ring is 2. The fraction of sp³-hybridized carbons (Fsp3) is 0.0952. The van der Waals surface area contributed by atoms with E-state index >= 15 is 0 Å². The van der Waals surface area contributed by atoms with Crippen LogP contribution >= 0.6 is 0 Å². The molecule has 2 aromatic carbocycles. The summed E-state index contributed by atoms with van der Waals surface area (Å²) in [4.78, 5) is 24.9. The smallest absolute Gasteiger partial charge is 0.269 e. The van der Waals surface area contributed by atoms with E-state index in [2.05, 4.69) is 20.3 Å². The monoisotopic (exact) mass is 470 g/mol. The van der Waals surface area contributed by atoms with E-state index < -0.39 is 45.8 Å². The van der Waals surface area contributed by atoms with Gasteiger partial charge in [0, 0.05) is 6.07 Å². The van der Waals surface area contributed by atoms with Gasteiger partial charge in [-0.05, 0) is 31.2 Å². The van der Waals surface area contributed by atoms with Gasteiger partial charge in [-0.25, -0.2) is 22.5 Å². The van der Waals surface area contributed by atoms with Gasteiger partial charge in [0.1, 0.15) is 57.4 Å². The summed E-state index contributed by atoms with van der Waals surface area (Å²) in [6, 6.07) is 4.50. The van der Waals surface area contributed by atoms with Gasteiger partial charge in [-0.3, -0.25) is 9.36 Å². The van der Waals surface area contributed by atoms with Gasteiger partial charge in [0.25, 0.3) is 5.56 Å². The molecule has 4 rings (SSSR count). The highest BCUT2D eigenvalue weighted by Crippen LogP contribution is 2.26. The Morgan fingerprint density at radius 1 is 1.03 bits per heavy atom. The minimum Gasteiger partial charge on any atom is -0.382 e. The second-order valence-corrected chi connectivity index (χ2v) is 7.16. The van der Waals surface area contributed by atoms with Crippen LogP contribution in [0.25, 0.3) is 16.6 Å². The van der Waals surface area contributed by atoms with Crippen LogP contribution in [0.15, 0.2) is 35.1 Å². The minimum atomic E-state index is -1.11. The molecule has 2 aromatic heterocycles. The van der Waals surface area contributed by atoms with E-state index in [1.54, 1.807) is 6.07 Å². The van der Waals surface area contributed by atoms with Crippen LogP contribution in [0.2, 0.25) is 0 Å². The molecule has 0 aliphatic carbocycles. The Labute approximate surface area is 188 Å². The van der Waals surface area contributed by atoms with Crippen molar-refractivity contribution < 1.29 is 17.6 Å². The van der Waals surface area contributed by atoms with Crippen molar-refractivity contribution in [2.75, 3.05) is 16.8 Å². The van der Waals surface area contributed by atoms with Gasteiger partial charge >= 0.3 is 0 Å². The molecule has 0 unspecified atom stereocenters. The van der Waals surface area contributed by atoms with Crippen LogP contribution in [-0.2, 0) is 0 Å². The van der Waals surface area contributed by atoms with Gasteiger partial charge in [0.2, 0.25) is 5.95 Å². The zero-order valence-electron chi connectivity index (χ0n) is 17.3. The second-order valence-electron chi connectivity index (χ2n) is 7.16. The molecule has 9 nitrogen and oxygen atoms in total. The summed E-state index contributed by atoms with van der Waals surface area (Å²) < 4.78 is 57.6. The lowest BCUT2D eigenvalue weighted by Crippen LogP contribution is -2.28. The standard InChI is InChI=1S/C21H14F4N8O/c1-8(29-18-12(7-26)17(27)31-21(28)32-18)19-30-16-14(25)3-2-13(24)15(16)20(34)33(19)11-5-9(22)4-10(23)6-11/h2-6,8H,1H3,(H5,27,28,29,31,32)/t8-/m0/s1. The zero-order chi connectivity index (χ0) is 24.7. The van der Waals surface area contributed by atoms with Crippen molar-refractivity contribution in [3.8, 4) is 11.8 Å². The number of anilines is 3. The van der Waals surface area contributed by atoms with Crippen LogP contribution in [0, 0.1) is 34.6 Å². The fourth-order valence-electron chi connectivity index (χ4n) is 3.42. The van der Waals surface area contributed by atoms with Crippen molar-refractivity contribution in [2.45, 2.75) is 13.0 Å². The number of fused-ring (bicyclic) bond motifs is 1. The maximum absolute atomic E-state index is 14.5. The van der Waals surface area contributed by atoms with Crippen LogP contribution in [0.1, 0.15) is 24.4 Å². The highest BCUT2D eigenvalue weighted by molar-refractivity contribution is 5.79. The van der Waals surface area contributed by atoms with E-state index in [4.69, 9.17) is 11.5 Å². The molecule has 1 atom stereocenters. The van der Waals surface area contributed by atoms with E-state index in [9.17, 15) is 27.6 Å². The average molecular weight is 470 g/mol. The second kappa shape index (κ2) is 8.32. The van der Waals surface area contributed by atoms with E-state index in [-0.39, 0.29) is 34.7 Å². The van der Waals surface area contributed by atoms with Crippen LogP contribution in [0.4, 0.5) is 35.1 Å². The minimum absolute atomic E-state index is 0.133. The van der Waals surface area contributed by atoms with Crippen molar-refractivity contribution in [2.24, 2.45) is 0 Å². The van der Waals surface area contributed by atoms with Crippen molar-refractivity contribution in [3.63, 3.8) is 0 Å². The summed E-state index contributed by atoms with van der Waals surface area (Å²) in [5, 5.41) is 11.4. The number of nitrogens with two attached hydrogens (primary N) is 2. The molecule has 0 amide bonds. The number of halogens is 4. The molecule has 5 N–H and O–H groups in total. The Morgan fingerprint density at radius 2 is 1.68 bits per heavy atom. The van der Waals surface area contributed by atoms with Gasteiger partial charge in [-0.2, -0.15) is 15.2 Å². The van der Waals surface area contributed by atoms with Gasteiger partial charge < -0.3 is 16.8 Å². The molecule has 0 bridgehead atoms. The number of hydrogen-bond donors (Lipinski definition) is 3. The molecule has 0 saturated carbocycles. The Hall–Kier alpha value is -4.73. The first-order valence-corrected chi connectivity index (χ1v) is 9.57. The van der Waals surface area contributed by atoms with Crippen molar-refractivity contribution in [3.05, 3.63) is 75.3 Å². The number of benzene rings is 2. The van der Waals surface area contributed by atoms with E-state index in [1.165, 1.54) is 6.92 Å². The molecular formula is C21H14F4N8O. The van der Waals surface area contributed by atoms with Crippen molar-refractivity contribution in [1.29, 1.82) is 5.26 Å². The molecule has 0 aliphatic heterocycles. The lowest BCUT2D eigenvalue weighted by atomic mass is 10.1. The number of nitriles is 1. The lowest BCUT2D eigenvalue weighted by molar-refractivity contribution is 0.579. The zero-order valence-corrected chi connectivity index (χ0v) is 17.3. The lowest BCUT2D eigenvalue weighted by Gasteiger charge is -2.21. The van der Waals surface area contributed by atoms with E-state index in [0.717, 1.165) is 28.8 Å². The van der Waals surface area contributed by atoms with Crippen LogP contribution < -0.4 is 22.3 Å². The Bertz CT molecular complexity index is 1540. The van der Waals surface area contributed by atoms with Gasteiger partial charge in [-0.15, -0.1) is 0 Å². The predicted octanol–water partition coefficient (Wildman–Crippen LogP) is 2.94.